The summed E-state index contributed by atoms with van der Waals surface area (Å²) >= 11 is 0. The van der Waals surface area contributed by atoms with Crippen molar-refractivity contribution in [3.05, 3.63) is 42.0 Å². The number of carbonyl (C=O) groups excluding carboxylic acids is 1. The lowest BCUT2D eigenvalue weighted by atomic mass is 10.1. The van der Waals surface area contributed by atoms with Crippen molar-refractivity contribution in [3.63, 3.8) is 0 Å². The summed E-state index contributed by atoms with van der Waals surface area (Å²) in [5.41, 5.74) is 7.26. The lowest BCUT2D eigenvalue weighted by Gasteiger charge is -2.10. The van der Waals surface area contributed by atoms with Gasteiger partial charge >= 0.3 is 0 Å². The highest BCUT2D eigenvalue weighted by Gasteiger charge is 2.22. The number of hydrogen-bond acceptors (Lipinski definition) is 3. The Morgan fingerprint density at radius 3 is 2.59 bits per heavy atom. The zero-order valence-electron chi connectivity index (χ0n) is 9.47. The summed E-state index contributed by atoms with van der Waals surface area (Å²) < 4.78 is 0. The molecular weight excluding hydrogens is 216 g/mol. The van der Waals surface area contributed by atoms with E-state index in [4.69, 9.17) is 10.8 Å². The number of nitrogens with two attached hydrogens (primary N) is 1. The van der Waals surface area contributed by atoms with E-state index in [1.807, 2.05) is 12.2 Å². The molecule has 2 unspecified atom stereocenters. The van der Waals surface area contributed by atoms with Gasteiger partial charge in [0.2, 0.25) is 5.91 Å². The maximum absolute atomic E-state index is 11.8. The van der Waals surface area contributed by atoms with Gasteiger partial charge in [-0.15, -0.1) is 0 Å². The van der Waals surface area contributed by atoms with E-state index in [1.165, 1.54) is 0 Å². The number of amides is 1. The van der Waals surface area contributed by atoms with E-state index in [1.54, 1.807) is 24.3 Å². The third-order valence-corrected chi connectivity index (χ3v) is 2.86. The summed E-state index contributed by atoms with van der Waals surface area (Å²) in [5.74, 6) is -0.173. The molecule has 2 rings (SSSR count). The zero-order chi connectivity index (χ0) is 12.3. The summed E-state index contributed by atoms with van der Waals surface area (Å²) in [4.78, 5) is 11.8. The predicted octanol–water partition coefficient (Wildman–Crippen LogP) is 1.02. The van der Waals surface area contributed by atoms with Crippen molar-refractivity contribution in [1.82, 2.24) is 0 Å². The van der Waals surface area contributed by atoms with Gasteiger partial charge in [0.15, 0.2) is 0 Å². The van der Waals surface area contributed by atoms with Crippen LogP contribution >= 0.6 is 0 Å². The first-order valence-corrected chi connectivity index (χ1v) is 5.63. The third kappa shape index (κ3) is 2.93. The molecule has 17 heavy (non-hydrogen) atoms. The molecule has 0 aliphatic heterocycles. The highest BCUT2D eigenvalue weighted by molar-refractivity contribution is 5.94. The van der Waals surface area contributed by atoms with Gasteiger partial charge in [0.05, 0.1) is 12.5 Å². The summed E-state index contributed by atoms with van der Waals surface area (Å²) in [5, 5.41) is 11.7. The van der Waals surface area contributed by atoms with Gasteiger partial charge in [0, 0.05) is 11.7 Å². The van der Waals surface area contributed by atoms with Crippen LogP contribution in [0.25, 0.3) is 0 Å². The van der Waals surface area contributed by atoms with Gasteiger partial charge in [-0.3, -0.25) is 4.79 Å². The summed E-state index contributed by atoms with van der Waals surface area (Å²) in [7, 11) is 0. The number of anilines is 1. The fraction of sp³-hybridized carbons (Fsp3) is 0.308. The fourth-order valence-corrected chi connectivity index (χ4v) is 1.85. The molecule has 1 aromatic carbocycles. The van der Waals surface area contributed by atoms with Crippen LogP contribution in [0.4, 0.5) is 5.69 Å². The standard InChI is InChI=1S/C13H16N2O2/c14-11-4-3-10(7-11)13(17)15-12-5-1-9(8-16)2-6-12/h1-6,10-11,16H,7-8,14H2,(H,15,17). The Morgan fingerprint density at radius 1 is 1.35 bits per heavy atom. The SMILES string of the molecule is NC1C=CC(C(=O)Nc2ccc(CO)cc2)C1. The van der Waals surface area contributed by atoms with Crippen molar-refractivity contribution in [2.75, 3.05) is 5.32 Å². The van der Waals surface area contributed by atoms with Gasteiger partial charge in [-0.2, -0.15) is 0 Å². The molecule has 0 saturated carbocycles. The molecule has 4 N–H and O–H groups in total. The van der Waals surface area contributed by atoms with Crippen molar-refractivity contribution in [2.24, 2.45) is 11.7 Å². The Balaban J connectivity index is 1.96. The molecule has 0 fully saturated rings. The lowest BCUT2D eigenvalue weighted by Crippen LogP contribution is -2.23. The van der Waals surface area contributed by atoms with Crippen LogP contribution in [-0.4, -0.2) is 17.1 Å². The Hall–Kier alpha value is -1.65. The van der Waals surface area contributed by atoms with Crippen molar-refractivity contribution < 1.29 is 9.90 Å². The number of hydrogen-bond donors (Lipinski definition) is 3. The van der Waals surface area contributed by atoms with Gasteiger partial charge in [0.25, 0.3) is 0 Å². The Bertz CT molecular complexity index is 426. The first-order chi connectivity index (χ1) is 8.19. The molecule has 1 aliphatic rings. The van der Waals surface area contributed by atoms with Gasteiger partial charge in [-0.1, -0.05) is 24.3 Å². The zero-order valence-corrected chi connectivity index (χ0v) is 9.47. The smallest absolute Gasteiger partial charge is 0.231 e. The van der Waals surface area contributed by atoms with Crippen LogP contribution in [-0.2, 0) is 11.4 Å². The molecule has 0 aromatic heterocycles. The first kappa shape index (κ1) is 11.8. The number of aliphatic hydroxyl groups is 1. The number of carbonyl (C=O) groups is 1. The summed E-state index contributed by atoms with van der Waals surface area (Å²) in [6.07, 6.45) is 4.38. The quantitative estimate of drug-likeness (QED) is 0.681. The van der Waals surface area contributed by atoms with E-state index in [2.05, 4.69) is 5.32 Å². The highest BCUT2D eigenvalue weighted by atomic mass is 16.3. The van der Waals surface area contributed by atoms with Crippen molar-refractivity contribution in [3.8, 4) is 0 Å². The molecule has 4 nitrogen and oxygen atoms in total. The minimum absolute atomic E-state index is 0.00838. The Kier molecular flexibility index (Phi) is 3.56. The average molecular weight is 232 g/mol. The average Bonchev–Trinajstić information content (AvgIpc) is 2.77. The van der Waals surface area contributed by atoms with Gasteiger partial charge in [0.1, 0.15) is 0 Å². The van der Waals surface area contributed by atoms with Crippen LogP contribution in [0.2, 0.25) is 0 Å². The van der Waals surface area contributed by atoms with E-state index in [0.717, 1.165) is 11.3 Å². The molecule has 2 atom stereocenters. The number of benzene rings is 1. The van der Waals surface area contributed by atoms with Gasteiger partial charge in [-0.05, 0) is 24.1 Å². The first-order valence-electron chi connectivity index (χ1n) is 5.63. The van der Waals surface area contributed by atoms with Crippen molar-refractivity contribution >= 4 is 11.6 Å². The predicted molar refractivity (Wildman–Crippen MR) is 66.2 cm³/mol. The number of aliphatic hydroxyl groups excluding tert-OH is 1. The molecule has 1 aliphatic carbocycles. The number of rotatable bonds is 3. The Morgan fingerprint density at radius 2 is 2.06 bits per heavy atom. The molecule has 0 radical (unpaired) electrons. The normalized spacial score (nSPS) is 22.7. The lowest BCUT2D eigenvalue weighted by molar-refractivity contribution is -0.118. The maximum atomic E-state index is 11.8. The highest BCUT2D eigenvalue weighted by Crippen LogP contribution is 2.19. The monoisotopic (exact) mass is 232 g/mol. The fourth-order valence-electron chi connectivity index (χ4n) is 1.85. The van der Waals surface area contributed by atoms with Crippen LogP contribution in [0.5, 0.6) is 0 Å². The third-order valence-electron chi connectivity index (χ3n) is 2.86. The van der Waals surface area contributed by atoms with Gasteiger partial charge < -0.3 is 16.2 Å². The molecular formula is C13H16N2O2. The molecule has 1 aromatic rings. The molecule has 1 amide bonds. The molecule has 0 bridgehead atoms. The summed E-state index contributed by atoms with van der Waals surface area (Å²) in [6, 6.07) is 7.12. The van der Waals surface area contributed by atoms with Crippen LogP contribution in [0, 0.1) is 5.92 Å². The van der Waals surface area contributed by atoms with E-state index < -0.39 is 0 Å². The maximum Gasteiger partial charge on any atom is 0.231 e. The Labute approximate surface area is 100 Å². The van der Waals surface area contributed by atoms with Crippen molar-refractivity contribution in [1.29, 1.82) is 0 Å². The van der Waals surface area contributed by atoms with E-state index >= 15 is 0 Å². The summed E-state index contributed by atoms with van der Waals surface area (Å²) in [6.45, 7) is 0.00838. The molecule has 0 spiro atoms. The van der Waals surface area contributed by atoms with E-state index in [9.17, 15) is 4.79 Å². The van der Waals surface area contributed by atoms with Crippen LogP contribution in [0.1, 0.15) is 12.0 Å². The van der Waals surface area contributed by atoms with Crippen molar-refractivity contribution in [2.45, 2.75) is 19.1 Å². The van der Waals surface area contributed by atoms with E-state index in [0.29, 0.717) is 6.42 Å². The molecule has 90 valence electrons. The minimum atomic E-state index is -0.137. The second-order valence-corrected chi connectivity index (χ2v) is 4.24. The van der Waals surface area contributed by atoms with Crippen LogP contribution in [0.15, 0.2) is 36.4 Å². The van der Waals surface area contributed by atoms with Crippen LogP contribution in [0.3, 0.4) is 0 Å². The topological polar surface area (TPSA) is 75.4 Å². The van der Waals surface area contributed by atoms with Crippen LogP contribution < -0.4 is 11.1 Å². The minimum Gasteiger partial charge on any atom is -0.392 e. The largest absolute Gasteiger partial charge is 0.392 e. The molecule has 0 saturated heterocycles. The van der Waals surface area contributed by atoms with E-state index in [-0.39, 0.29) is 24.5 Å². The molecule has 4 heteroatoms. The molecule has 0 heterocycles. The second kappa shape index (κ2) is 5.12. The van der Waals surface area contributed by atoms with Gasteiger partial charge in [-0.25, -0.2) is 0 Å². The number of nitrogens with one attached hydrogen (secondary N) is 1. The second-order valence-electron chi connectivity index (χ2n) is 4.24.